The summed E-state index contributed by atoms with van der Waals surface area (Å²) in [6.45, 7) is 2.40. The van der Waals surface area contributed by atoms with E-state index in [0.717, 1.165) is 5.69 Å². The molecule has 0 radical (unpaired) electrons. The van der Waals surface area contributed by atoms with Gasteiger partial charge >= 0.3 is 0 Å². The highest BCUT2D eigenvalue weighted by Crippen LogP contribution is 2.07. The van der Waals surface area contributed by atoms with E-state index in [2.05, 4.69) is 5.32 Å². The first-order valence-electron chi connectivity index (χ1n) is 3.50. The Morgan fingerprint density at radius 1 is 1.36 bits per heavy atom. The van der Waals surface area contributed by atoms with Crippen LogP contribution in [0.3, 0.4) is 0 Å². The second-order valence-corrected chi connectivity index (χ2v) is 2.38. The minimum absolute atomic E-state index is 0.364. The third kappa shape index (κ3) is 2.30. The van der Waals surface area contributed by atoms with Crippen molar-refractivity contribution >= 4 is 5.69 Å². The molecule has 0 atom stereocenters. The molecule has 1 aromatic carbocycles. The van der Waals surface area contributed by atoms with E-state index in [1.165, 1.54) is 5.56 Å². The largest absolute Gasteiger partial charge is 0.372 e. The van der Waals surface area contributed by atoms with Gasteiger partial charge in [0.2, 0.25) is 0 Å². The summed E-state index contributed by atoms with van der Waals surface area (Å²) in [5.74, 6) is 0. The minimum Gasteiger partial charge on any atom is -0.372 e. The van der Waals surface area contributed by atoms with Crippen LogP contribution in [0, 0.1) is 18.3 Å². The lowest BCUT2D eigenvalue weighted by Gasteiger charge is -2.00. The van der Waals surface area contributed by atoms with E-state index in [9.17, 15) is 0 Å². The van der Waals surface area contributed by atoms with Gasteiger partial charge in [-0.15, -0.1) is 0 Å². The zero-order valence-electron chi connectivity index (χ0n) is 6.46. The fourth-order valence-corrected chi connectivity index (χ4v) is 0.813. The Balaban J connectivity index is 2.60. The zero-order valence-corrected chi connectivity index (χ0v) is 6.46. The van der Waals surface area contributed by atoms with Crippen LogP contribution < -0.4 is 5.32 Å². The summed E-state index contributed by atoms with van der Waals surface area (Å²) < 4.78 is 0. The molecule has 0 heterocycles. The number of hydrogen-bond acceptors (Lipinski definition) is 2. The number of anilines is 1. The summed E-state index contributed by atoms with van der Waals surface area (Å²) in [5, 5.41) is 11.2. The van der Waals surface area contributed by atoms with Gasteiger partial charge in [0.15, 0.2) is 0 Å². The van der Waals surface area contributed by atoms with Crippen LogP contribution in [-0.4, -0.2) is 6.54 Å². The Morgan fingerprint density at radius 3 is 2.55 bits per heavy atom. The molecule has 0 spiro atoms. The predicted octanol–water partition coefficient (Wildman–Crippen LogP) is 1.93. The molecule has 1 N–H and O–H groups in total. The van der Waals surface area contributed by atoms with E-state index in [0.29, 0.717) is 6.54 Å². The monoisotopic (exact) mass is 146 g/mol. The van der Waals surface area contributed by atoms with E-state index in [4.69, 9.17) is 5.26 Å². The molecule has 1 rings (SSSR count). The Morgan fingerprint density at radius 2 is 2.00 bits per heavy atom. The van der Waals surface area contributed by atoms with Crippen LogP contribution in [0.15, 0.2) is 24.3 Å². The molecule has 56 valence electrons. The molecule has 0 saturated carbocycles. The van der Waals surface area contributed by atoms with Crippen molar-refractivity contribution in [3.63, 3.8) is 0 Å². The first-order valence-corrected chi connectivity index (χ1v) is 3.50. The quantitative estimate of drug-likeness (QED) is 0.647. The molecule has 0 amide bonds. The van der Waals surface area contributed by atoms with E-state index in [1.54, 1.807) is 0 Å². The predicted molar refractivity (Wildman–Crippen MR) is 45.3 cm³/mol. The summed E-state index contributed by atoms with van der Waals surface area (Å²) in [6, 6.07) is 9.98. The third-order valence-electron chi connectivity index (χ3n) is 1.42. The van der Waals surface area contributed by atoms with Gasteiger partial charge in [0.1, 0.15) is 6.54 Å². The summed E-state index contributed by atoms with van der Waals surface area (Å²) in [6.07, 6.45) is 0. The number of rotatable bonds is 2. The van der Waals surface area contributed by atoms with Gasteiger partial charge in [0.25, 0.3) is 0 Å². The maximum Gasteiger partial charge on any atom is 0.103 e. The Labute approximate surface area is 66.5 Å². The molecular weight excluding hydrogens is 136 g/mol. The average Bonchev–Trinajstić information content (AvgIpc) is 2.04. The molecule has 0 saturated heterocycles. The normalized spacial score (nSPS) is 8.73. The number of benzene rings is 1. The van der Waals surface area contributed by atoms with Crippen molar-refractivity contribution in [1.29, 1.82) is 5.26 Å². The smallest absolute Gasteiger partial charge is 0.103 e. The van der Waals surface area contributed by atoms with E-state index in [1.807, 2.05) is 37.3 Å². The van der Waals surface area contributed by atoms with Gasteiger partial charge in [-0.05, 0) is 19.1 Å². The molecule has 0 aliphatic rings. The van der Waals surface area contributed by atoms with Crippen LogP contribution in [0.25, 0.3) is 0 Å². The van der Waals surface area contributed by atoms with Crippen molar-refractivity contribution in [3.8, 4) is 6.07 Å². The van der Waals surface area contributed by atoms with Gasteiger partial charge in [0.05, 0.1) is 6.07 Å². The van der Waals surface area contributed by atoms with Crippen LogP contribution in [0.5, 0.6) is 0 Å². The summed E-state index contributed by atoms with van der Waals surface area (Å²) in [4.78, 5) is 0. The second kappa shape index (κ2) is 3.62. The van der Waals surface area contributed by atoms with E-state index in [-0.39, 0.29) is 0 Å². The molecule has 0 unspecified atom stereocenters. The van der Waals surface area contributed by atoms with Crippen molar-refractivity contribution in [2.75, 3.05) is 11.9 Å². The molecule has 2 nitrogen and oxygen atoms in total. The van der Waals surface area contributed by atoms with Gasteiger partial charge < -0.3 is 5.32 Å². The highest BCUT2D eigenvalue weighted by atomic mass is 14.9. The minimum atomic E-state index is 0.364. The van der Waals surface area contributed by atoms with Crippen LogP contribution in [0.4, 0.5) is 5.69 Å². The maximum absolute atomic E-state index is 8.27. The topological polar surface area (TPSA) is 35.8 Å². The lowest BCUT2D eigenvalue weighted by molar-refractivity contribution is 1.31. The molecule has 2 heteroatoms. The molecule has 11 heavy (non-hydrogen) atoms. The van der Waals surface area contributed by atoms with Crippen molar-refractivity contribution < 1.29 is 0 Å². The fraction of sp³-hybridized carbons (Fsp3) is 0.222. The molecular formula is C9H10N2. The summed E-state index contributed by atoms with van der Waals surface area (Å²) in [5.41, 5.74) is 2.23. The van der Waals surface area contributed by atoms with Gasteiger partial charge in [0, 0.05) is 5.69 Å². The highest BCUT2D eigenvalue weighted by Gasteiger charge is 1.87. The molecule has 0 aromatic heterocycles. The van der Waals surface area contributed by atoms with E-state index < -0.39 is 0 Å². The lowest BCUT2D eigenvalue weighted by atomic mass is 10.2. The Bertz CT molecular complexity index is 256. The lowest BCUT2D eigenvalue weighted by Crippen LogP contribution is -1.97. The number of nitriles is 1. The first-order chi connectivity index (χ1) is 5.33. The van der Waals surface area contributed by atoms with Crippen LogP contribution in [-0.2, 0) is 0 Å². The van der Waals surface area contributed by atoms with Crippen LogP contribution in [0.1, 0.15) is 5.56 Å². The van der Waals surface area contributed by atoms with Crippen molar-refractivity contribution in [1.82, 2.24) is 0 Å². The Hall–Kier alpha value is -1.49. The molecule has 0 fully saturated rings. The summed E-state index contributed by atoms with van der Waals surface area (Å²) in [7, 11) is 0. The zero-order chi connectivity index (χ0) is 8.10. The van der Waals surface area contributed by atoms with Gasteiger partial charge in [-0.1, -0.05) is 17.7 Å². The maximum atomic E-state index is 8.27. The number of hydrogen-bond donors (Lipinski definition) is 1. The van der Waals surface area contributed by atoms with Crippen LogP contribution >= 0.6 is 0 Å². The second-order valence-electron chi connectivity index (χ2n) is 2.38. The van der Waals surface area contributed by atoms with Crippen LogP contribution in [0.2, 0.25) is 0 Å². The number of aryl methyl sites for hydroxylation is 1. The standard InChI is InChI=1S/C9H10N2/c1-8-2-4-9(5-3-8)11-7-6-10/h2-5,11H,7H2,1H3. The molecule has 0 aliphatic heterocycles. The van der Waals surface area contributed by atoms with Gasteiger partial charge in [-0.2, -0.15) is 5.26 Å². The van der Waals surface area contributed by atoms with Crippen molar-refractivity contribution in [2.45, 2.75) is 6.92 Å². The third-order valence-corrected chi connectivity index (χ3v) is 1.42. The Kier molecular flexibility index (Phi) is 2.51. The molecule has 1 aromatic rings. The number of nitrogens with one attached hydrogen (secondary N) is 1. The molecule has 0 bridgehead atoms. The van der Waals surface area contributed by atoms with Gasteiger partial charge in [-0.3, -0.25) is 0 Å². The summed E-state index contributed by atoms with van der Waals surface area (Å²) >= 11 is 0. The molecule has 0 aliphatic carbocycles. The first kappa shape index (κ1) is 7.62. The van der Waals surface area contributed by atoms with E-state index >= 15 is 0 Å². The fourth-order valence-electron chi connectivity index (χ4n) is 0.813. The highest BCUT2D eigenvalue weighted by molar-refractivity contribution is 5.44. The number of nitrogens with zero attached hydrogens (tertiary/aromatic N) is 1. The van der Waals surface area contributed by atoms with Gasteiger partial charge in [-0.25, -0.2) is 0 Å². The average molecular weight is 146 g/mol. The van der Waals surface area contributed by atoms with Crippen molar-refractivity contribution in [3.05, 3.63) is 29.8 Å². The SMILES string of the molecule is Cc1ccc(NCC#N)cc1. The van der Waals surface area contributed by atoms with Crippen molar-refractivity contribution in [2.24, 2.45) is 0 Å².